The van der Waals surface area contributed by atoms with Gasteiger partial charge in [0, 0.05) is 25.4 Å². The molecule has 96 valence electrons. The van der Waals surface area contributed by atoms with Crippen molar-refractivity contribution in [1.29, 1.82) is 0 Å². The van der Waals surface area contributed by atoms with Crippen molar-refractivity contribution in [3.8, 4) is 0 Å². The first kappa shape index (κ1) is 14.0. The van der Waals surface area contributed by atoms with Crippen LogP contribution in [0.1, 0.15) is 31.7 Å². The highest BCUT2D eigenvalue weighted by Crippen LogP contribution is 2.10. The molecule has 3 heteroatoms. The summed E-state index contributed by atoms with van der Waals surface area (Å²) in [5.41, 5.74) is 8.31. The van der Waals surface area contributed by atoms with E-state index in [-0.39, 0.29) is 6.04 Å². The zero-order valence-electron chi connectivity index (χ0n) is 10.9. The molecular formula is C14H24N2O. The van der Waals surface area contributed by atoms with Crippen molar-refractivity contribution in [2.24, 2.45) is 5.73 Å². The predicted octanol–water partition coefficient (Wildman–Crippen LogP) is 2.76. The summed E-state index contributed by atoms with van der Waals surface area (Å²) in [6, 6.07) is 8.53. The lowest BCUT2D eigenvalue weighted by Gasteiger charge is -2.13. The second kappa shape index (κ2) is 8.09. The van der Waals surface area contributed by atoms with Crippen LogP contribution in [0.25, 0.3) is 0 Å². The molecule has 1 rings (SSSR count). The Morgan fingerprint density at radius 1 is 1.29 bits per heavy atom. The van der Waals surface area contributed by atoms with Crippen LogP contribution in [0, 0.1) is 0 Å². The standard InChI is InChI=1S/C14H24N2O/c1-3-4-5-13(15)10-16-14-8-6-12(7-9-14)11-17-2/h6-9,13,16H,3-5,10-11,15H2,1-2H3. The molecule has 0 heterocycles. The van der Waals surface area contributed by atoms with Crippen LogP contribution < -0.4 is 11.1 Å². The highest BCUT2D eigenvalue weighted by molar-refractivity contribution is 5.44. The largest absolute Gasteiger partial charge is 0.383 e. The van der Waals surface area contributed by atoms with Gasteiger partial charge in [0.1, 0.15) is 0 Å². The van der Waals surface area contributed by atoms with Crippen LogP contribution in [-0.2, 0) is 11.3 Å². The third-order valence-corrected chi connectivity index (χ3v) is 2.76. The summed E-state index contributed by atoms with van der Waals surface area (Å²) >= 11 is 0. The Balaban J connectivity index is 2.31. The fraction of sp³-hybridized carbons (Fsp3) is 0.571. The molecule has 0 spiro atoms. The highest BCUT2D eigenvalue weighted by Gasteiger charge is 2.01. The van der Waals surface area contributed by atoms with E-state index in [1.807, 2.05) is 0 Å². The third kappa shape index (κ3) is 5.71. The van der Waals surface area contributed by atoms with Crippen molar-refractivity contribution < 1.29 is 4.74 Å². The van der Waals surface area contributed by atoms with Crippen LogP contribution in [-0.4, -0.2) is 19.7 Å². The maximum Gasteiger partial charge on any atom is 0.0713 e. The Hall–Kier alpha value is -1.06. The third-order valence-electron chi connectivity index (χ3n) is 2.76. The number of methoxy groups -OCH3 is 1. The van der Waals surface area contributed by atoms with E-state index in [9.17, 15) is 0 Å². The molecule has 0 saturated heterocycles. The molecule has 0 bridgehead atoms. The average Bonchev–Trinajstić information content (AvgIpc) is 2.36. The summed E-state index contributed by atoms with van der Waals surface area (Å²) in [5, 5.41) is 3.36. The minimum absolute atomic E-state index is 0.244. The number of nitrogens with two attached hydrogens (primary N) is 1. The molecule has 0 radical (unpaired) electrons. The number of ether oxygens (including phenoxy) is 1. The lowest BCUT2D eigenvalue weighted by atomic mass is 10.1. The van der Waals surface area contributed by atoms with E-state index in [1.165, 1.54) is 18.4 Å². The maximum atomic E-state index is 6.00. The topological polar surface area (TPSA) is 47.3 Å². The predicted molar refractivity (Wildman–Crippen MR) is 73.1 cm³/mol. The minimum Gasteiger partial charge on any atom is -0.383 e. The molecule has 0 aromatic heterocycles. The Morgan fingerprint density at radius 2 is 2.00 bits per heavy atom. The van der Waals surface area contributed by atoms with Crippen molar-refractivity contribution in [3.05, 3.63) is 29.8 Å². The van der Waals surface area contributed by atoms with Gasteiger partial charge in [-0.15, -0.1) is 0 Å². The van der Waals surface area contributed by atoms with Gasteiger partial charge in [0.05, 0.1) is 6.61 Å². The quantitative estimate of drug-likeness (QED) is 0.729. The van der Waals surface area contributed by atoms with E-state index in [0.717, 1.165) is 18.7 Å². The van der Waals surface area contributed by atoms with Gasteiger partial charge in [-0.1, -0.05) is 31.9 Å². The Bertz CT molecular complexity index is 298. The second-order valence-corrected chi connectivity index (χ2v) is 4.41. The molecule has 1 aromatic carbocycles. The molecule has 3 nitrogen and oxygen atoms in total. The zero-order chi connectivity index (χ0) is 12.5. The molecule has 1 aromatic rings. The number of anilines is 1. The van der Waals surface area contributed by atoms with Crippen LogP contribution in [0.4, 0.5) is 5.69 Å². The van der Waals surface area contributed by atoms with Gasteiger partial charge < -0.3 is 15.8 Å². The van der Waals surface area contributed by atoms with Crippen LogP contribution in [0.3, 0.4) is 0 Å². The lowest BCUT2D eigenvalue weighted by Crippen LogP contribution is -2.28. The molecule has 17 heavy (non-hydrogen) atoms. The van der Waals surface area contributed by atoms with Crippen molar-refractivity contribution in [2.75, 3.05) is 19.0 Å². The Labute approximate surface area is 104 Å². The summed E-state index contributed by atoms with van der Waals surface area (Å²) in [5.74, 6) is 0. The molecule has 1 atom stereocenters. The summed E-state index contributed by atoms with van der Waals surface area (Å²) in [7, 11) is 1.71. The molecule has 0 saturated carbocycles. The van der Waals surface area contributed by atoms with Crippen LogP contribution in [0.2, 0.25) is 0 Å². The second-order valence-electron chi connectivity index (χ2n) is 4.41. The fourth-order valence-electron chi connectivity index (χ4n) is 1.70. The van der Waals surface area contributed by atoms with Crippen LogP contribution in [0.15, 0.2) is 24.3 Å². The highest BCUT2D eigenvalue weighted by atomic mass is 16.5. The maximum absolute atomic E-state index is 6.00. The van der Waals surface area contributed by atoms with Gasteiger partial charge in [-0.25, -0.2) is 0 Å². The first-order valence-corrected chi connectivity index (χ1v) is 6.33. The first-order valence-electron chi connectivity index (χ1n) is 6.33. The summed E-state index contributed by atoms with van der Waals surface area (Å²) in [6.45, 7) is 3.69. The number of hydrogen-bond donors (Lipinski definition) is 2. The lowest BCUT2D eigenvalue weighted by molar-refractivity contribution is 0.185. The van der Waals surface area contributed by atoms with Crippen LogP contribution >= 0.6 is 0 Å². The van der Waals surface area contributed by atoms with Crippen molar-refractivity contribution in [1.82, 2.24) is 0 Å². The van der Waals surface area contributed by atoms with Gasteiger partial charge in [0.15, 0.2) is 0 Å². The molecule has 0 aliphatic heterocycles. The fourth-order valence-corrected chi connectivity index (χ4v) is 1.70. The molecule has 1 unspecified atom stereocenters. The van der Waals surface area contributed by atoms with E-state index >= 15 is 0 Å². The zero-order valence-corrected chi connectivity index (χ0v) is 10.9. The van der Waals surface area contributed by atoms with Crippen LogP contribution in [0.5, 0.6) is 0 Å². The molecular weight excluding hydrogens is 212 g/mol. The Morgan fingerprint density at radius 3 is 2.59 bits per heavy atom. The van der Waals surface area contributed by atoms with Gasteiger partial charge >= 0.3 is 0 Å². The Kier molecular flexibility index (Phi) is 6.67. The van der Waals surface area contributed by atoms with Gasteiger partial charge in [0.2, 0.25) is 0 Å². The molecule has 0 amide bonds. The SMILES string of the molecule is CCCCC(N)CNc1ccc(COC)cc1. The van der Waals surface area contributed by atoms with E-state index in [1.54, 1.807) is 7.11 Å². The van der Waals surface area contributed by atoms with E-state index in [4.69, 9.17) is 10.5 Å². The van der Waals surface area contributed by atoms with Crippen molar-refractivity contribution in [2.45, 2.75) is 38.8 Å². The molecule has 0 aliphatic carbocycles. The number of rotatable bonds is 8. The minimum atomic E-state index is 0.244. The molecule has 0 aliphatic rings. The van der Waals surface area contributed by atoms with E-state index in [2.05, 4.69) is 36.5 Å². The summed E-state index contributed by atoms with van der Waals surface area (Å²) in [4.78, 5) is 0. The summed E-state index contributed by atoms with van der Waals surface area (Å²) < 4.78 is 5.07. The normalized spacial score (nSPS) is 12.4. The van der Waals surface area contributed by atoms with E-state index < -0.39 is 0 Å². The molecule has 0 fully saturated rings. The van der Waals surface area contributed by atoms with Gasteiger partial charge in [-0.05, 0) is 24.1 Å². The number of unbranched alkanes of at least 4 members (excludes halogenated alkanes) is 1. The molecule has 3 N–H and O–H groups in total. The number of benzene rings is 1. The smallest absolute Gasteiger partial charge is 0.0713 e. The first-order chi connectivity index (χ1) is 8.26. The van der Waals surface area contributed by atoms with Gasteiger partial charge in [-0.3, -0.25) is 0 Å². The average molecular weight is 236 g/mol. The van der Waals surface area contributed by atoms with E-state index in [0.29, 0.717) is 6.61 Å². The van der Waals surface area contributed by atoms with Gasteiger partial charge in [0.25, 0.3) is 0 Å². The monoisotopic (exact) mass is 236 g/mol. The number of hydrogen-bond acceptors (Lipinski definition) is 3. The van der Waals surface area contributed by atoms with Gasteiger partial charge in [-0.2, -0.15) is 0 Å². The number of nitrogens with one attached hydrogen (secondary N) is 1. The van der Waals surface area contributed by atoms with Crippen molar-refractivity contribution >= 4 is 5.69 Å². The summed E-state index contributed by atoms with van der Waals surface area (Å²) in [6.07, 6.45) is 3.50. The van der Waals surface area contributed by atoms with Crippen molar-refractivity contribution in [3.63, 3.8) is 0 Å².